The predicted molar refractivity (Wildman–Crippen MR) is 88.9 cm³/mol. The van der Waals surface area contributed by atoms with E-state index in [1.165, 1.54) is 6.33 Å². The standard InChI is InChI=1S/C17H20N6O/c1-22-11-9-19-17(22)16(14-6-3-2-4-7-14)21-15(24)8-5-10-23-13-18-12-20-23/h2-4,6-7,9,11-13,16H,5,8,10H2,1H3,(H,21,24). The summed E-state index contributed by atoms with van der Waals surface area (Å²) >= 11 is 0. The lowest BCUT2D eigenvalue weighted by molar-refractivity contribution is -0.121. The van der Waals surface area contributed by atoms with Crippen molar-refractivity contribution in [1.82, 2.24) is 29.6 Å². The third kappa shape index (κ3) is 3.87. The van der Waals surface area contributed by atoms with Crippen molar-refractivity contribution in [1.29, 1.82) is 0 Å². The number of aryl methyl sites for hydroxylation is 2. The minimum Gasteiger partial charge on any atom is -0.342 e. The van der Waals surface area contributed by atoms with Crippen molar-refractivity contribution in [2.75, 3.05) is 0 Å². The van der Waals surface area contributed by atoms with Crippen molar-refractivity contribution in [2.45, 2.75) is 25.4 Å². The SMILES string of the molecule is Cn1ccnc1C(NC(=O)CCCn1cncn1)c1ccccc1. The van der Waals surface area contributed by atoms with Gasteiger partial charge in [-0.1, -0.05) is 30.3 Å². The highest BCUT2D eigenvalue weighted by atomic mass is 16.1. The highest BCUT2D eigenvalue weighted by Gasteiger charge is 2.20. The number of carbonyl (C=O) groups excluding carboxylic acids is 1. The monoisotopic (exact) mass is 324 g/mol. The molecular weight excluding hydrogens is 304 g/mol. The zero-order valence-corrected chi connectivity index (χ0v) is 13.5. The van der Waals surface area contributed by atoms with Gasteiger partial charge in [0.15, 0.2) is 0 Å². The highest BCUT2D eigenvalue weighted by molar-refractivity contribution is 5.76. The molecule has 3 aromatic rings. The van der Waals surface area contributed by atoms with Gasteiger partial charge in [0, 0.05) is 32.4 Å². The first-order valence-corrected chi connectivity index (χ1v) is 7.88. The second kappa shape index (κ2) is 7.54. The van der Waals surface area contributed by atoms with Crippen LogP contribution in [-0.2, 0) is 18.4 Å². The Morgan fingerprint density at radius 3 is 2.79 bits per heavy atom. The maximum atomic E-state index is 12.4. The Morgan fingerprint density at radius 1 is 1.29 bits per heavy atom. The van der Waals surface area contributed by atoms with Crippen LogP contribution in [0.25, 0.3) is 0 Å². The van der Waals surface area contributed by atoms with Crippen molar-refractivity contribution in [3.8, 4) is 0 Å². The average molecular weight is 324 g/mol. The summed E-state index contributed by atoms with van der Waals surface area (Å²) in [5.74, 6) is 0.804. The molecule has 24 heavy (non-hydrogen) atoms. The molecule has 1 unspecified atom stereocenters. The van der Waals surface area contributed by atoms with Gasteiger partial charge in [-0.05, 0) is 12.0 Å². The first kappa shape index (κ1) is 15.9. The Labute approximate surface area is 140 Å². The first-order valence-electron chi connectivity index (χ1n) is 7.88. The maximum absolute atomic E-state index is 12.4. The van der Waals surface area contributed by atoms with Crippen molar-refractivity contribution >= 4 is 5.91 Å². The summed E-state index contributed by atoms with van der Waals surface area (Å²) in [5, 5.41) is 7.12. The molecule has 0 aliphatic heterocycles. The number of benzene rings is 1. The molecule has 0 aliphatic carbocycles. The lowest BCUT2D eigenvalue weighted by Gasteiger charge is -2.19. The van der Waals surface area contributed by atoms with Crippen LogP contribution in [0.4, 0.5) is 0 Å². The van der Waals surface area contributed by atoms with Crippen LogP contribution in [0.3, 0.4) is 0 Å². The number of imidazole rings is 1. The fourth-order valence-electron chi connectivity index (χ4n) is 2.58. The zero-order valence-electron chi connectivity index (χ0n) is 13.5. The molecule has 1 amide bonds. The van der Waals surface area contributed by atoms with Crippen LogP contribution >= 0.6 is 0 Å². The second-order valence-corrected chi connectivity index (χ2v) is 5.57. The third-order valence-corrected chi connectivity index (χ3v) is 3.81. The maximum Gasteiger partial charge on any atom is 0.220 e. The van der Waals surface area contributed by atoms with Crippen LogP contribution in [0, 0.1) is 0 Å². The summed E-state index contributed by atoms with van der Waals surface area (Å²) < 4.78 is 3.65. The molecule has 124 valence electrons. The summed E-state index contributed by atoms with van der Waals surface area (Å²) in [7, 11) is 1.93. The Morgan fingerprint density at radius 2 is 2.12 bits per heavy atom. The van der Waals surface area contributed by atoms with Crippen molar-refractivity contribution in [3.63, 3.8) is 0 Å². The van der Waals surface area contributed by atoms with E-state index in [1.807, 2.05) is 48.1 Å². The van der Waals surface area contributed by atoms with Crippen molar-refractivity contribution in [3.05, 3.63) is 66.8 Å². The lowest BCUT2D eigenvalue weighted by Crippen LogP contribution is -2.31. The Kier molecular flexibility index (Phi) is 5.00. The number of rotatable bonds is 7. The molecule has 7 nitrogen and oxygen atoms in total. The van der Waals surface area contributed by atoms with Gasteiger partial charge in [-0.3, -0.25) is 9.48 Å². The molecule has 2 aromatic heterocycles. The van der Waals surface area contributed by atoms with Gasteiger partial charge in [0.05, 0.1) is 0 Å². The smallest absolute Gasteiger partial charge is 0.220 e. The molecule has 0 saturated carbocycles. The van der Waals surface area contributed by atoms with Gasteiger partial charge in [-0.25, -0.2) is 9.97 Å². The number of aromatic nitrogens is 5. The molecule has 0 saturated heterocycles. The van der Waals surface area contributed by atoms with Crippen molar-refractivity contribution in [2.24, 2.45) is 7.05 Å². The topological polar surface area (TPSA) is 77.6 Å². The van der Waals surface area contributed by atoms with E-state index in [2.05, 4.69) is 20.4 Å². The van der Waals surface area contributed by atoms with Crippen LogP contribution in [0.1, 0.15) is 30.3 Å². The molecule has 7 heteroatoms. The molecule has 2 heterocycles. The number of carbonyl (C=O) groups is 1. The van der Waals surface area contributed by atoms with Crippen LogP contribution in [0.15, 0.2) is 55.4 Å². The molecule has 3 rings (SSSR count). The highest BCUT2D eigenvalue weighted by Crippen LogP contribution is 2.20. The molecule has 1 N–H and O–H groups in total. The number of amides is 1. The quantitative estimate of drug-likeness (QED) is 0.717. The molecular formula is C17H20N6O. The molecule has 1 aromatic carbocycles. The molecule has 0 bridgehead atoms. The summed E-state index contributed by atoms with van der Waals surface area (Å²) in [6, 6.07) is 9.61. The zero-order chi connectivity index (χ0) is 16.8. The van der Waals surface area contributed by atoms with E-state index in [9.17, 15) is 4.79 Å². The van der Waals surface area contributed by atoms with E-state index in [-0.39, 0.29) is 11.9 Å². The van der Waals surface area contributed by atoms with E-state index in [0.29, 0.717) is 19.4 Å². The number of hydrogen-bond acceptors (Lipinski definition) is 4. The van der Waals surface area contributed by atoms with Gasteiger partial charge in [0.25, 0.3) is 0 Å². The molecule has 1 atom stereocenters. The summed E-state index contributed by atoms with van der Waals surface area (Å²) in [6.45, 7) is 0.672. The normalized spacial score (nSPS) is 12.0. The second-order valence-electron chi connectivity index (χ2n) is 5.57. The van der Waals surface area contributed by atoms with Gasteiger partial charge in [0.1, 0.15) is 24.5 Å². The fraction of sp³-hybridized carbons (Fsp3) is 0.294. The molecule has 0 radical (unpaired) electrons. The van der Waals surface area contributed by atoms with Crippen molar-refractivity contribution < 1.29 is 4.79 Å². The largest absolute Gasteiger partial charge is 0.342 e. The van der Waals surface area contributed by atoms with Crippen LogP contribution in [0.2, 0.25) is 0 Å². The van der Waals surface area contributed by atoms with Gasteiger partial charge >= 0.3 is 0 Å². The summed E-state index contributed by atoms with van der Waals surface area (Å²) in [4.78, 5) is 20.7. The van der Waals surface area contributed by atoms with Gasteiger partial charge in [-0.15, -0.1) is 0 Å². The Bertz CT molecular complexity index is 766. The average Bonchev–Trinajstić information content (AvgIpc) is 3.25. The number of nitrogens with one attached hydrogen (secondary N) is 1. The lowest BCUT2D eigenvalue weighted by atomic mass is 10.1. The Hall–Kier alpha value is -2.96. The molecule has 0 spiro atoms. The van der Waals surface area contributed by atoms with E-state index in [4.69, 9.17) is 0 Å². The molecule has 0 fully saturated rings. The number of hydrogen-bond donors (Lipinski definition) is 1. The summed E-state index contributed by atoms with van der Waals surface area (Å²) in [6.07, 6.45) is 7.89. The van der Waals surface area contributed by atoms with Gasteiger partial charge in [0.2, 0.25) is 5.91 Å². The van der Waals surface area contributed by atoms with Gasteiger partial charge in [-0.2, -0.15) is 5.10 Å². The van der Waals surface area contributed by atoms with Crippen LogP contribution in [0.5, 0.6) is 0 Å². The predicted octanol–water partition coefficient (Wildman–Crippen LogP) is 1.70. The fourth-order valence-corrected chi connectivity index (χ4v) is 2.58. The summed E-state index contributed by atoms with van der Waals surface area (Å²) in [5.41, 5.74) is 1.01. The van der Waals surface area contributed by atoms with Gasteiger partial charge < -0.3 is 9.88 Å². The third-order valence-electron chi connectivity index (χ3n) is 3.81. The Balaban J connectivity index is 1.65. The first-order chi connectivity index (χ1) is 11.7. The van der Waals surface area contributed by atoms with Crippen LogP contribution in [-0.4, -0.2) is 30.2 Å². The minimum atomic E-state index is -0.259. The van der Waals surface area contributed by atoms with E-state index in [0.717, 1.165) is 11.4 Å². The van der Waals surface area contributed by atoms with Crippen LogP contribution < -0.4 is 5.32 Å². The minimum absolute atomic E-state index is 0.00744. The van der Waals surface area contributed by atoms with E-state index < -0.39 is 0 Å². The molecule has 0 aliphatic rings. The van der Waals surface area contributed by atoms with E-state index in [1.54, 1.807) is 17.2 Å². The number of nitrogens with zero attached hydrogens (tertiary/aromatic N) is 5. The van der Waals surface area contributed by atoms with E-state index >= 15 is 0 Å².